The average molecular weight is 233 g/mol. The third-order valence-electron chi connectivity index (χ3n) is 2.75. The molecule has 0 aliphatic heterocycles. The first-order valence-electron chi connectivity index (χ1n) is 5.52. The van der Waals surface area contributed by atoms with Crippen molar-refractivity contribution >= 4 is 0 Å². The summed E-state index contributed by atoms with van der Waals surface area (Å²) in [5.41, 5.74) is 0.955. The Morgan fingerprint density at radius 2 is 2.35 bits per heavy atom. The van der Waals surface area contributed by atoms with Crippen LogP contribution >= 0.6 is 0 Å². The maximum absolute atomic E-state index is 11.6. The number of aromatic hydroxyl groups is 1. The molecule has 0 unspecified atom stereocenters. The summed E-state index contributed by atoms with van der Waals surface area (Å²) in [7, 11) is 1.64. The lowest BCUT2D eigenvalue weighted by Gasteiger charge is -2.14. The number of methoxy groups -OCH3 is 1. The molecule has 0 saturated carbocycles. The van der Waals surface area contributed by atoms with E-state index in [1.165, 1.54) is 12.1 Å². The Bertz CT molecular complexity index is 526. The largest absolute Gasteiger partial charge is 0.508 e. The Morgan fingerprint density at radius 3 is 3.06 bits per heavy atom. The van der Waals surface area contributed by atoms with Crippen molar-refractivity contribution in [2.45, 2.75) is 19.4 Å². The van der Waals surface area contributed by atoms with E-state index < -0.39 is 0 Å². The molecule has 0 saturated heterocycles. The van der Waals surface area contributed by atoms with E-state index in [-0.39, 0.29) is 11.3 Å². The first kappa shape index (κ1) is 11.5. The van der Waals surface area contributed by atoms with Crippen molar-refractivity contribution in [3.8, 4) is 5.75 Å². The van der Waals surface area contributed by atoms with Crippen molar-refractivity contribution in [1.29, 1.82) is 0 Å². The van der Waals surface area contributed by atoms with Crippen LogP contribution in [0, 0.1) is 0 Å². The van der Waals surface area contributed by atoms with E-state index in [1.807, 2.05) is 12.2 Å². The molecule has 1 heterocycles. The van der Waals surface area contributed by atoms with Crippen molar-refractivity contribution in [3.63, 3.8) is 0 Å². The fraction of sp³-hybridized carbons (Fsp3) is 0.308. The van der Waals surface area contributed by atoms with E-state index in [4.69, 9.17) is 9.84 Å². The molecular weight excluding hydrogens is 218 g/mol. The highest BCUT2D eigenvalue weighted by atomic mass is 16.5. The molecule has 2 rings (SSSR count). The predicted molar refractivity (Wildman–Crippen MR) is 64.8 cm³/mol. The Labute approximate surface area is 99.5 Å². The van der Waals surface area contributed by atoms with Gasteiger partial charge in [-0.2, -0.15) is 0 Å². The van der Waals surface area contributed by atoms with Gasteiger partial charge in [0.2, 0.25) is 0 Å². The van der Waals surface area contributed by atoms with Gasteiger partial charge in [0.25, 0.3) is 5.56 Å². The van der Waals surface area contributed by atoms with Gasteiger partial charge in [0, 0.05) is 18.8 Å². The molecule has 1 N–H and O–H groups in total. The first-order chi connectivity index (χ1) is 8.19. The minimum absolute atomic E-state index is 0.00125. The van der Waals surface area contributed by atoms with Crippen LogP contribution in [0.4, 0.5) is 0 Å². The third kappa shape index (κ3) is 2.78. The van der Waals surface area contributed by atoms with Gasteiger partial charge in [-0.25, -0.2) is 0 Å². The molecule has 0 atom stereocenters. The van der Waals surface area contributed by atoms with Crippen molar-refractivity contribution in [2.24, 2.45) is 0 Å². The molecular formula is C13H15NO3. The molecule has 0 bridgehead atoms. The van der Waals surface area contributed by atoms with Gasteiger partial charge in [-0.05, 0) is 36.6 Å². The van der Waals surface area contributed by atoms with Crippen LogP contribution in [0.15, 0.2) is 46.6 Å². The van der Waals surface area contributed by atoms with Gasteiger partial charge in [-0.3, -0.25) is 4.79 Å². The van der Waals surface area contributed by atoms with Crippen LogP contribution in [0.5, 0.6) is 5.75 Å². The lowest BCUT2D eigenvalue weighted by Crippen LogP contribution is -2.19. The van der Waals surface area contributed by atoms with Crippen molar-refractivity contribution < 1.29 is 9.84 Å². The molecule has 0 spiro atoms. The van der Waals surface area contributed by atoms with Crippen LogP contribution in [-0.4, -0.2) is 16.8 Å². The number of hydrogen-bond donors (Lipinski definition) is 1. The molecule has 90 valence electrons. The molecule has 0 radical (unpaired) electrons. The number of allylic oxidation sites excluding steroid dienone is 3. The van der Waals surface area contributed by atoms with E-state index >= 15 is 0 Å². The first-order valence-corrected chi connectivity index (χ1v) is 5.52. The zero-order chi connectivity index (χ0) is 12.3. The Morgan fingerprint density at radius 1 is 1.53 bits per heavy atom. The summed E-state index contributed by atoms with van der Waals surface area (Å²) in [6.07, 6.45) is 7.46. The zero-order valence-electron chi connectivity index (χ0n) is 9.72. The zero-order valence-corrected chi connectivity index (χ0v) is 9.72. The fourth-order valence-electron chi connectivity index (χ4n) is 1.85. The molecule has 0 fully saturated rings. The van der Waals surface area contributed by atoms with Crippen molar-refractivity contribution in [3.05, 3.63) is 52.2 Å². The highest BCUT2D eigenvalue weighted by molar-refractivity contribution is 5.24. The fourth-order valence-corrected chi connectivity index (χ4v) is 1.85. The van der Waals surface area contributed by atoms with Gasteiger partial charge in [-0.1, -0.05) is 0 Å². The van der Waals surface area contributed by atoms with Crippen LogP contribution in [0.1, 0.15) is 12.8 Å². The Balaban J connectivity index is 2.19. The maximum Gasteiger partial charge on any atom is 0.254 e. The van der Waals surface area contributed by atoms with Gasteiger partial charge in [0.1, 0.15) is 11.5 Å². The normalized spacial score (nSPS) is 15.1. The quantitative estimate of drug-likeness (QED) is 0.866. The van der Waals surface area contributed by atoms with Crippen molar-refractivity contribution in [1.82, 2.24) is 4.57 Å². The molecule has 1 aromatic rings. The second kappa shape index (κ2) is 4.91. The van der Waals surface area contributed by atoms with Crippen LogP contribution < -0.4 is 5.56 Å². The van der Waals surface area contributed by atoms with E-state index in [0.29, 0.717) is 6.54 Å². The standard InChI is InChI=1S/C13H15NO3/c1-17-12-4-2-3-10(7-12)9-14-6-5-11(15)8-13(14)16/h4-8,15H,2-3,9H2,1H3. The number of rotatable bonds is 3. The SMILES string of the molecule is COC1=CCCC(Cn2ccc(O)cc2=O)=C1. The summed E-state index contributed by atoms with van der Waals surface area (Å²) in [5.74, 6) is 0.847. The Hall–Kier alpha value is -1.97. The molecule has 0 aromatic carbocycles. The van der Waals surface area contributed by atoms with Crippen LogP contribution in [-0.2, 0) is 11.3 Å². The van der Waals surface area contributed by atoms with E-state index in [0.717, 1.165) is 24.2 Å². The van der Waals surface area contributed by atoms with Gasteiger partial charge in [0.05, 0.1) is 7.11 Å². The molecule has 1 aliphatic carbocycles. The topological polar surface area (TPSA) is 51.5 Å². The highest BCUT2D eigenvalue weighted by Crippen LogP contribution is 2.18. The smallest absolute Gasteiger partial charge is 0.254 e. The summed E-state index contributed by atoms with van der Waals surface area (Å²) in [5, 5.41) is 9.17. The summed E-state index contributed by atoms with van der Waals surface area (Å²) >= 11 is 0. The second-order valence-corrected chi connectivity index (χ2v) is 4.00. The molecule has 17 heavy (non-hydrogen) atoms. The minimum Gasteiger partial charge on any atom is -0.508 e. The van der Waals surface area contributed by atoms with Crippen LogP contribution in [0.25, 0.3) is 0 Å². The lowest BCUT2D eigenvalue weighted by atomic mass is 10.0. The monoisotopic (exact) mass is 233 g/mol. The van der Waals surface area contributed by atoms with Gasteiger partial charge < -0.3 is 14.4 Å². The second-order valence-electron chi connectivity index (χ2n) is 4.00. The number of nitrogens with zero attached hydrogens (tertiary/aromatic N) is 1. The van der Waals surface area contributed by atoms with Crippen LogP contribution in [0.3, 0.4) is 0 Å². The minimum atomic E-state index is -0.195. The van der Waals surface area contributed by atoms with Gasteiger partial charge >= 0.3 is 0 Å². The molecule has 4 heteroatoms. The van der Waals surface area contributed by atoms with E-state index in [2.05, 4.69) is 0 Å². The molecule has 1 aromatic heterocycles. The predicted octanol–water partition coefficient (Wildman–Crippen LogP) is 1.80. The van der Waals surface area contributed by atoms with Gasteiger partial charge in [-0.15, -0.1) is 0 Å². The molecule has 0 amide bonds. The molecule has 1 aliphatic rings. The Kier molecular flexibility index (Phi) is 3.32. The van der Waals surface area contributed by atoms with Crippen LogP contribution in [0.2, 0.25) is 0 Å². The van der Waals surface area contributed by atoms with Crippen molar-refractivity contribution in [2.75, 3.05) is 7.11 Å². The third-order valence-corrected chi connectivity index (χ3v) is 2.75. The average Bonchev–Trinajstić information content (AvgIpc) is 2.33. The highest BCUT2D eigenvalue weighted by Gasteiger charge is 2.07. The summed E-state index contributed by atoms with van der Waals surface area (Å²) < 4.78 is 6.74. The number of aromatic nitrogens is 1. The molecule has 4 nitrogen and oxygen atoms in total. The van der Waals surface area contributed by atoms with E-state index in [9.17, 15) is 4.79 Å². The summed E-state index contributed by atoms with van der Waals surface area (Å²) in [4.78, 5) is 11.6. The number of hydrogen-bond acceptors (Lipinski definition) is 3. The van der Waals surface area contributed by atoms with Gasteiger partial charge in [0.15, 0.2) is 0 Å². The maximum atomic E-state index is 11.6. The summed E-state index contributed by atoms with van der Waals surface area (Å²) in [6, 6.07) is 2.73. The number of pyridine rings is 1. The number of ether oxygens (including phenoxy) is 1. The lowest BCUT2D eigenvalue weighted by molar-refractivity contribution is 0.302. The van der Waals surface area contributed by atoms with E-state index in [1.54, 1.807) is 17.9 Å². The summed E-state index contributed by atoms with van der Waals surface area (Å²) in [6.45, 7) is 0.541.